The first-order chi connectivity index (χ1) is 11.7. The zero-order valence-electron chi connectivity index (χ0n) is 13.0. The molecule has 3 aromatic rings. The van der Waals surface area contributed by atoms with E-state index in [1.54, 1.807) is 31.5 Å². The molecule has 1 aromatic heterocycles. The fraction of sp³-hybridized carbons (Fsp3) is 0.111. The second kappa shape index (κ2) is 6.95. The molecule has 1 amide bonds. The predicted octanol–water partition coefficient (Wildman–Crippen LogP) is 3.40. The molecule has 2 aromatic carbocycles. The number of halogens is 1. The largest absolute Gasteiger partial charge is 0.494 e. The lowest BCUT2D eigenvalue weighted by Crippen LogP contribution is -2.20. The van der Waals surface area contributed by atoms with E-state index in [1.807, 2.05) is 6.07 Å². The van der Waals surface area contributed by atoms with E-state index in [2.05, 4.69) is 10.3 Å². The van der Waals surface area contributed by atoms with Crippen LogP contribution in [0.25, 0.3) is 10.9 Å². The summed E-state index contributed by atoms with van der Waals surface area (Å²) in [5, 5.41) is 3.55. The molecule has 122 valence electrons. The fourth-order valence-electron chi connectivity index (χ4n) is 2.29. The highest BCUT2D eigenvalue weighted by Crippen LogP contribution is 2.29. The van der Waals surface area contributed by atoms with E-state index < -0.39 is 0 Å². The Morgan fingerprint density at radius 2 is 1.96 bits per heavy atom. The molecule has 0 saturated heterocycles. The van der Waals surface area contributed by atoms with Crippen LogP contribution in [0.5, 0.6) is 11.5 Å². The van der Waals surface area contributed by atoms with Crippen LogP contribution >= 0.6 is 0 Å². The average molecular weight is 326 g/mol. The molecular formula is C18H15FN2O3. The van der Waals surface area contributed by atoms with E-state index in [0.29, 0.717) is 22.7 Å². The van der Waals surface area contributed by atoms with Crippen LogP contribution in [0.2, 0.25) is 0 Å². The molecule has 0 bridgehead atoms. The molecule has 0 saturated carbocycles. The highest BCUT2D eigenvalue weighted by molar-refractivity contribution is 6.03. The minimum atomic E-state index is -0.357. The summed E-state index contributed by atoms with van der Waals surface area (Å²) in [6.07, 6.45) is 1.66. The average Bonchev–Trinajstić information content (AvgIpc) is 2.61. The van der Waals surface area contributed by atoms with Gasteiger partial charge in [-0.15, -0.1) is 0 Å². The van der Waals surface area contributed by atoms with E-state index in [1.165, 1.54) is 24.3 Å². The van der Waals surface area contributed by atoms with Gasteiger partial charge in [-0.25, -0.2) is 4.39 Å². The highest BCUT2D eigenvalue weighted by atomic mass is 19.1. The van der Waals surface area contributed by atoms with Crippen molar-refractivity contribution < 1.29 is 18.7 Å². The van der Waals surface area contributed by atoms with Crippen molar-refractivity contribution in [3.05, 3.63) is 60.5 Å². The van der Waals surface area contributed by atoms with Crippen molar-refractivity contribution in [1.29, 1.82) is 0 Å². The number of hydrogen-bond donors (Lipinski definition) is 1. The molecule has 5 nitrogen and oxygen atoms in total. The van der Waals surface area contributed by atoms with Crippen molar-refractivity contribution in [3.63, 3.8) is 0 Å². The molecule has 0 atom stereocenters. The summed E-state index contributed by atoms with van der Waals surface area (Å²) in [5.41, 5.74) is 1.28. The maximum absolute atomic E-state index is 12.8. The van der Waals surface area contributed by atoms with Crippen molar-refractivity contribution in [3.8, 4) is 11.5 Å². The minimum Gasteiger partial charge on any atom is -0.494 e. The monoisotopic (exact) mass is 326 g/mol. The molecule has 0 aliphatic heterocycles. The van der Waals surface area contributed by atoms with Gasteiger partial charge in [0.2, 0.25) is 0 Å². The lowest BCUT2D eigenvalue weighted by atomic mass is 10.1. The minimum absolute atomic E-state index is 0.181. The Morgan fingerprint density at radius 3 is 2.71 bits per heavy atom. The van der Waals surface area contributed by atoms with Crippen LogP contribution in [-0.4, -0.2) is 24.6 Å². The van der Waals surface area contributed by atoms with Crippen molar-refractivity contribution >= 4 is 22.5 Å². The van der Waals surface area contributed by atoms with Gasteiger partial charge in [-0.2, -0.15) is 0 Å². The lowest BCUT2D eigenvalue weighted by molar-refractivity contribution is -0.118. The smallest absolute Gasteiger partial charge is 0.262 e. The quantitative estimate of drug-likeness (QED) is 0.780. The fourth-order valence-corrected chi connectivity index (χ4v) is 2.29. The van der Waals surface area contributed by atoms with Gasteiger partial charge in [-0.3, -0.25) is 9.78 Å². The SMILES string of the molecule is COc1ccc(NC(=O)COc2ccc(F)cc2)c2cccnc12. The highest BCUT2D eigenvalue weighted by Gasteiger charge is 2.10. The Hall–Kier alpha value is -3.15. The van der Waals surface area contributed by atoms with Crippen molar-refractivity contribution in [2.75, 3.05) is 19.0 Å². The molecule has 0 fully saturated rings. The number of pyridine rings is 1. The van der Waals surface area contributed by atoms with Crippen LogP contribution in [0.1, 0.15) is 0 Å². The summed E-state index contributed by atoms with van der Waals surface area (Å²) < 4.78 is 23.4. The Morgan fingerprint density at radius 1 is 1.17 bits per heavy atom. The van der Waals surface area contributed by atoms with Gasteiger partial charge in [-0.05, 0) is 48.5 Å². The number of ether oxygens (including phenoxy) is 2. The number of nitrogens with one attached hydrogen (secondary N) is 1. The second-order valence-electron chi connectivity index (χ2n) is 5.01. The molecular weight excluding hydrogens is 311 g/mol. The lowest BCUT2D eigenvalue weighted by Gasteiger charge is -2.11. The van der Waals surface area contributed by atoms with Crippen molar-refractivity contribution in [2.24, 2.45) is 0 Å². The molecule has 24 heavy (non-hydrogen) atoms. The van der Waals surface area contributed by atoms with E-state index in [9.17, 15) is 9.18 Å². The third-order valence-electron chi connectivity index (χ3n) is 3.41. The summed E-state index contributed by atoms with van der Waals surface area (Å²) in [7, 11) is 1.57. The molecule has 0 aliphatic rings. The maximum Gasteiger partial charge on any atom is 0.262 e. The molecule has 6 heteroatoms. The van der Waals surface area contributed by atoms with Gasteiger partial charge in [0.05, 0.1) is 12.8 Å². The zero-order valence-corrected chi connectivity index (χ0v) is 13.0. The first kappa shape index (κ1) is 15.7. The number of methoxy groups -OCH3 is 1. The normalized spacial score (nSPS) is 10.4. The second-order valence-corrected chi connectivity index (χ2v) is 5.01. The van der Waals surface area contributed by atoms with Gasteiger partial charge in [0.15, 0.2) is 6.61 Å². The van der Waals surface area contributed by atoms with Gasteiger partial charge in [-0.1, -0.05) is 0 Å². The summed E-state index contributed by atoms with van der Waals surface area (Å²) in [6.45, 7) is -0.181. The van der Waals surface area contributed by atoms with Crippen molar-refractivity contribution in [2.45, 2.75) is 0 Å². The number of benzene rings is 2. The van der Waals surface area contributed by atoms with Crippen LogP contribution in [0.15, 0.2) is 54.7 Å². The number of rotatable bonds is 5. The summed E-state index contributed by atoms with van der Waals surface area (Å²) in [5.74, 6) is 0.373. The molecule has 0 radical (unpaired) electrons. The Bertz CT molecular complexity index is 866. The first-order valence-corrected chi connectivity index (χ1v) is 7.27. The Balaban J connectivity index is 1.72. The summed E-state index contributed by atoms with van der Waals surface area (Å²) in [4.78, 5) is 16.4. The molecule has 0 aliphatic carbocycles. The number of amides is 1. The van der Waals surface area contributed by atoms with Crippen LogP contribution in [-0.2, 0) is 4.79 Å². The number of aromatic nitrogens is 1. The molecule has 0 unspecified atom stereocenters. The molecule has 1 heterocycles. The van der Waals surface area contributed by atoms with E-state index in [0.717, 1.165) is 5.39 Å². The third-order valence-corrected chi connectivity index (χ3v) is 3.41. The van der Waals surface area contributed by atoms with Crippen molar-refractivity contribution in [1.82, 2.24) is 4.98 Å². The Kier molecular flexibility index (Phi) is 4.56. The first-order valence-electron chi connectivity index (χ1n) is 7.27. The molecule has 0 spiro atoms. The number of fused-ring (bicyclic) bond motifs is 1. The van der Waals surface area contributed by atoms with Crippen LogP contribution in [0.3, 0.4) is 0 Å². The standard InChI is InChI=1S/C18H15FN2O3/c1-23-16-9-8-15(14-3-2-10-20-18(14)16)21-17(22)11-24-13-6-4-12(19)5-7-13/h2-10H,11H2,1H3,(H,21,22). The van der Waals surface area contributed by atoms with Gasteiger partial charge in [0, 0.05) is 11.6 Å². The summed E-state index contributed by atoms with van der Waals surface area (Å²) in [6, 6.07) is 12.6. The maximum atomic E-state index is 12.8. The summed E-state index contributed by atoms with van der Waals surface area (Å²) >= 11 is 0. The van der Waals surface area contributed by atoms with Gasteiger partial charge >= 0.3 is 0 Å². The van der Waals surface area contributed by atoms with E-state index in [-0.39, 0.29) is 18.3 Å². The molecule has 1 N–H and O–H groups in total. The van der Waals surface area contributed by atoms with E-state index in [4.69, 9.17) is 9.47 Å². The number of nitrogens with zero attached hydrogens (tertiary/aromatic N) is 1. The number of carbonyl (C=O) groups excluding carboxylic acids is 1. The zero-order chi connectivity index (χ0) is 16.9. The predicted molar refractivity (Wildman–Crippen MR) is 88.8 cm³/mol. The number of anilines is 1. The van der Waals surface area contributed by atoms with Crippen LogP contribution < -0.4 is 14.8 Å². The topological polar surface area (TPSA) is 60.5 Å². The van der Waals surface area contributed by atoms with Crippen LogP contribution in [0, 0.1) is 5.82 Å². The third kappa shape index (κ3) is 3.43. The van der Waals surface area contributed by atoms with Gasteiger partial charge in [0.25, 0.3) is 5.91 Å². The van der Waals surface area contributed by atoms with Crippen LogP contribution in [0.4, 0.5) is 10.1 Å². The number of carbonyl (C=O) groups is 1. The van der Waals surface area contributed by atoms with Gasteiger partial charge in [0.1, 0.15) is 22.8 Å². The Labute approximate surface area is 138 Å². The van der Waals surface area contributed by atoms with E-state index >= 15 is 0 Å². The van der Waals surface area contributed by atoms with Gasteiger partial charge < -0.3 is 14.8 Å². The number of hydrogen-bond acceptors (Lipinski definition) is 4. The molecule has 3 rings (SSSR count).